The standard InChI is InChI=1S/C23H27N3O4/c1-15(25-14-19(27)16-5-3-10-24-12-16)11-17-13-26-21-18(17)6-2-7-20(21)30-23(22(28)29)8-4-9-23/h2-3,5-7,10,12-13,15,19,25-27H,4,8-9,11,14H2,1H3,(H,28,29)/t15-,19+/m1/s1. The lowest BCUT2D eigenvalue weighted by molar-refractivity contribution is -0.163. The summed E-state index contributed by atoms with van der Waals surface area (Å²) in [6.45, 7) is 2.51. The number of ether oxygens (including phenoxy) is 1. The van der Waals surface area contributed by atoms with Crippen molar-refractivity contribution in [2.75, 3.05) is 6.54 Å². The minimum absolute atomic E-state index is 0.136. The number of carboxylic acids is 1. The average molecular weight is 409 g/mol. The summed E-state index contributed by atoms with van der Waals surface area (Å²) < 4.78 is 5.97. The van der Waals surface area contributed by atoms with Crippen LogP contribution in [0.4, 0.5) is 0 Å². The summed E-state index contributed by atoms with van der Waals surface area (Å²) in [5.74, 6) is -0.323. The van der Waals surface area contributed by atoms with Crippen molar-refractivity contribution in [3.63, 3.8) is 0 Å². The van der Waals surface area contributed by atoms with Gasteiger partial charge in [-0.05, 0) is 50.3 Å². The van der Waals surface area contributed by atoms with Crippen LogP contribution in [0.5, 0.6) is 5.75 Å². The Bertz CT molecular complexity index is 1010. The molecule has 4 N–H and O–H groups in total. The van der Waals surface area contributed by atoms with Gasteiger partial charge in [0.1, 0.15) is 5.75 Å². The van der Waals surface area contributed by atoms with E-state index in [9.17, 15) is 15.0 Å². The number of carbonyl (C=O) groups is 1. The number of aliphatic carboxylic acids is 1. The van der Waals surface area contributed by atoms with E-state index in [2.05, 4.69) is 22.2 Å². The first-order valence-electron chi connectivity index (χ1n) is 10.3. The highest BCUT2D eigenvalue weighted by Gasteiger charge is 2.47. The summed E-state index contributed by atoms with van der Waals surface area (Å²) in [6, 6.07) is 9.53. The number of nitrogens with zero attached hydrogens (tertiary/aromatic N) is 1. The SMILES string of the molecule is C[C@H](Cc1c[nH]c2c(OC3(C(=O)O)CCC3)cccc12)NC[C@H](O)c1cccnc1. The van der Waals surface area contributed by atoms with Crippen molar-refractivity contribution in [1.82, 2.24) is 15.3 Å². The number of nitrogens with one attached hydrogen (secondary N) is 2. The Morgan fingerprint density at radius 3 is 2.83 bits per heavy atom. The molecule has 0 radical (unpaired) electrons. The molecule has 0 spiro atoms. The van der Waals surface area contributed by atoms with E-state index in [0.717, 1.165) is 34.9 Å². The number of fused-ring (bicyclic) bond motifs is 1. The van der Waals surface area contributed by atoms with Crippen molar-refractivity contribution in [3.8, 4) is 5.75 Å². The van der Waals surface area contributed by atoms with Gasteiger partial charge in [-0.1, -0.05) is 18.2 Å². The third kappa shape index (κ3) is 4.04. The highest BCUT2D eigenvalue weighted by atomic mass is 16.5. The fourth-order valence-electron chi connectivity index (χ4n) is 3.91. The molecule has 1 fully saturated rings. The summed E-state index contributed by atoms with van der Waals surface area (Å²) in [5, 5.41) is 24.3. The van der Waals surface area contributed by atoms with Crippen LogP contribution in [0.1, 0.15) is 43.4 Å². The van der Waals surface area contributed by atoms with Crippen LogP contribution in [0.3, 0.4) is 0 Å². The molecule has 2 aromatic heterocycles. The normalized spacial score (nSPS) is 17.3. The fraction of sp³-hybridized carbons (Fsp3) is 0.391. The Labute approximate surface area is 175 Å². The second-order valence-electron chi connectivity index (χ2n) is 8.06. The summed E-state index contributed by atoms with van der Waals surface area (Å²) >= 11 is 0. The lowest BCUT2D eigenvalue weighted by Crippen LogP contribution is -2.50. The molecule has 1 aliphatic carbocycles. The number of benzene rings is 1. The van der Waals surface area contributed by atoms with E-state index in [4.69, 9.17) is 4.74 Å². The molecule has 0 unspecified atom stereocenters. The Kier molecular flexibility index (Phi) is 5.74. The lowest BCUT2D eigenvalue weighted by atomic mass is 9.80. The topological polar surface area (TPSA) is 107 Å². The van der Waals surface area contributed by atoms with Crippen LogP contribution in [-0.4, -0.2) is 44.3 Å². The maximum Gasteiger partial charge on any atom is 0.348 e. The van der Waals surface area contributed by atoms with Crippen molar-refractivity contribution < 1.29 is 19.7 Å². The van der Waals surface area contributed by atoms with Crippen molar-refractivity contribution in [3.05, 3.63) is 60.0 Å². The number of aliphatic hydroxyl groups excluding tert-OH is 1. The number of pyridine rings is 1. The van der Waals surface area contributed by atoms with E-state index < -0.39 is 17.7 Å². The van der Waals surface area contributed by atoms with Gasteiger partial charge in [0, 0.05) is 42.1 Å². The van der Waals surface area contributed by atoms with Gasteiger partial charge in [-0.15, -0.1) is 0 Å². The van der Waals surface area contributed by atoms with Gasteiger partial charge in [-0.3, -0.25) is 4.98 Å². The smallest absolute Gasteiger partial charge is 0.348 e. The quantitative estimate of drug-likeness (QED) is 0.432. The molecule has 1 aromatic carbocycles. The molecule has 1 aliphatic rings. The molecule has 158 valence electrons. The van der Waals surface area contributed by atoms with Gasteiger partial charge in [0.05, 0.1) is 11.6 Å². The highest BCUT2D eigenvalue weighted by Crippen LogP contribution is 2.39. The molecule has 30 heavy (non-hydrogen) atoms. The fourth-order valence-corrected chi connectivity index (χ4v) is 3.91. The van der Waals surface area contributed by atoms with E-state index in [-0.39, 0.29) is 6.04 Å². The number of aromatic nitrogens is 2. The third-order valence-corrected chi connectivity index (χ3v) is 5.87. The zero-order valence-corrected chi connectivity index (χ0v) is 17.0. The Morgan fingerprint density at radius 2 is 2.17 bits per heavy atom. The van der Waals surface area contributed by atoms with Gasteiger partial charge in [0.15, 0.2) is 0 Å². The molecule has 0 aliphatic heterocycles. The molecule has 7 nitrogen and oxygen atoms in total. The molecule has 0 bridgehead atoms. The Balaban J connectivity index is 1.43. The zero-order valence-electron chi connectivity index (χ0n) is 17.0. The van der Waals surface area contributed by atoms with Crippen molar-refractivity contribution >= 4 is 16.9 Å². The minimum atomic E-state index is -1.10. The van der Waals surface area contributed by atoms with Gasteiger partial charge < -0.3 is 25.3 Å². The van der Waals surface area contributed by atoms with Crippen molar-refractivity contribution in [2.45, 2.75) is 50.4 Å². The summed E-state index contributed by atoms with van der Waals surface area (Å²) in [5.41, 5.74) is 1.62. The Morgan fingerprint density at radius 1 is 1.33 bits per heavy atom. The second-order valence-corrected chi connectivity index (χ2v) is 8.06. The maximum absolute atomic E-state index is 11.7. The molecule has 3 aromatic rings. The van der Waals surface area contributed by atoms with Gasteiger partial charge >= 0.3 is 5.97 Å². The third-order valence-electron chi connectivity index (χ3n) is 5.87. The van der Waals surface area contributed by atoms with Crippen LogP contribution in [0.25, 0.3) is 10.9 Å². The number of para-hydroxylation sites is 1. The predicted molar refractivity (Wildman–Crippen MR) is 114 cm³/mol. The molecule has 4 rings (SSSR count). The Hall–Kier alpha value is -2.90. The number of hydrogen-bond donors (Lipinski definition) is 4. The van der Waals surface area contributed by atoms with E-state index >= 15 is 0 Å². The summed E-state index contributed by atoms with van der Waals surface area (Å²) in [6.07, 6.45) is 7.38. The zero-order chi connectivity index (χ0) is 21.1. The van der Waals surface area contributed by atoms with Crippen molar-refractivity contribution in [2.24, 2.45) is 0 Å². The highest BCUT2D eigenvalue weighted by molar-refractivity contribution is 5.89. The van der Waals surface area contributed by atoms with Crippen LogP contribution in [0.2, 0.25) is 0 Å². The second kappa shape index (κ2) is 8.45. The van der Waals surface area contributed by atoms with E-state index in [1.54, 1.807) is 12.4 Å². The number of aromatic amines is 1. The first kappa shape index (κ1) is 20.4. The molecular weight excluding hydrogens is 382 g/mol. The lowest BCUT2D eigenvalue weighted by Gasteiger charge is -2.37. The maximum atomic E-state index is 11.7. The molecular formula is C23H27N3O4. The van der Waals surface area contributed by atoms with Gasteiger partial charge in [-0.2, -0.15) is 0 Å². The monoisotopic (exact) mass is 409 g/mol. The van der Waals surface area contributed by atoms with E-state index in [0.29, 0.717) is 25.1 Å². The molecule has 7 heteroatoms. The van der Waals surface area contributed by atoms with Crippen molar-refractivity contribution in [1.29, 1.82) is 0 Å². The van der Waals surface area contributed by atoms with Crippen LogP contribution in [0.15, 0.2) is 48.9 Å². The van der Waals surface area contributed by atoms with Gasteiger partial charge in [-0.25, -0.2) is 4.79 Å². The predicted octanol–water partition coefficient (Wildman–Crippen LogP) is 3.20. The number of H-pyrrole nitrogens is 1. The number of hydrogen-bond acceptors (Lipinski definition) is 5. The minimum Gasteiger partial charge on any atom is -0.478 e. The number of rotatable bonds is 9. The molecule has 2 heterocycles. The molecule has 2 atom stereocenters. The van der Waals surface area contributed by atoms with Crippen LogP contribution < -0.4 is 10.1 Å². The van der Waals surface area contributed by atoms with Crippen LogP contribution in [-0.2, 0) is 11.2 Å². The van der Waals surface area contributed by atoms with Crippen LogP contribution >= 0.6 is 0 Å². The molecule has 0 saturated heterocycles. The van der Waals surface area contributed by atoms with Crippen LogP contribution in [0, 0.1) is 0 Å². The first-order valence-corrected chi connectivity index (χ1v) is 10.3. The van der Waals surface area contributed by atoms with E-state index in [1.165, 1.54) is 0 Å². The summed E-state index contributed by atoms with van der Waals surface area (Å²) in [7, 11) is 0. The summed E-state index contributed by atoms with van der Waals surface area (Å²) in [4.78, 5) is 19.0. The van der Waals surface area contributed by atoms with E-state index in [1.807, 2.05) is 36.5 Å². The van der Waals surface area contributed by atoms with Gasteiger partial charge in [0.2, 0.25) is 5.60 Å². The number of carboxylic acid groups (broad SMARTS) is 1. The number of aliphatic hydroxyl groups is 1. The average Bonchev–Trinajstić information content (AvgIpc) is 3.13. The molecule has 0 amide bonds. The largest absolute Gasteiger partial charge is 0.478 e. The molecule has 1 saturated carbocycles. The first-order chi connectivity index (χ1) is 14.5. The van der Waals surface area contributed by atoms with Gasteiger partial charge in [0.25, 0.3) is 0 Å².